The number of thiazole rings is 1. The zero-order chi connectivity index (χ0) is 18.2. The third-order valence-corrected chi connectivity index (χ3v) is 3.72. The number of carbonyl (C=O) groups excluding carboxylic acids is 2. The van der Waals surface area contributed by atoms with Crippen LogP contribution < -0.4 is 21.5 Å². The van der Waals surface area contributed by atoms with Gasteiger partial charge in [0.15, 0.2) is 5.13 Å². The van der Waals surface area contributed by atoms with E-state index < -0.39 is 6.09 Å². The number of rotatable bonds is 7. The van der Waals surface area contributed by atoms with Crippen molar-refractivity contribution in [3.8, 4) is 0 Å². The predicted octanol–water partition coefficient (Wildman–Crippen LogP) is 1.67. The summed E-state index contributed by atoms with van der Waals surface area (Å²) in [6.45, 7) is 1.82. The fourth-order valence-corrected chi connectivity index (χ4v) is 2.62. The minimum absolute atomic E-state index is 0.224. The van der Waals surface area contributed by atoms with Gasteiger partial charge in [0.25, 0.3) is 5.91 Å². The molecule has 0 aliphatic carbocycles. The highest BCUT2D eigenvalue weighted by Crippen LogP contribution is 2.17. The second-order valence-electron chi connectivity index (χ2n) is 4.98. The predicted molar refractivity (Wildman–Crippen MR) is 93.7 cm³/mol. The highest BCUT2D eigenvalue weighted by Gasteiger charge is 2.11. The largest absolute Gasteiger partial charge is 0.464 e. The lowest BCUT2D eigenvalue weighted by molar-refractivity contribution is -0.114. The summed E-state index contributed by atoms with van der Waals surface area (Å²) in [5.74, 6) is -0.613. The monoisotopic (exact) mass is 363 g/mol. The van der Waals surface area contributed by atoms with Gasteiger partial charge in [0.2, 0.25) is 5.91 Å². The Morgan fingerprint density at radius 2 is 1.88 bits per heavy atom. The van der Waals surface area contributed by atoms with Crippen LogP contribution in [0.3, 0.4) is 0 Å². The number of amides is 3. The maximum absolute atomic E-state index is 12.1. The highest BCUT2D eigenvalue weighted by atomic mass is 32.1. The van der Waals surface area contributed by atoms with E-state index in [0.717, 1.165) is 5.56 Å². The Bertz CT molecular complexity index is 760. The number of carbonyl (C=O) groups is 3. The van der Waals surface area contributed by atoms with Gasteiger partial charge in [0.1, 0.15) is 5.69 Å². The number of anilines is 2. The Kier molecular flexibility index (Phi) is 6.43. The molecule has 25 heavy (non-hydrogen) atoms. The third-order valence-electron chi connectivity index (χ3n) is 2.97. The molecule has 1 aromatic carbocycles. The fourth-order valence-electron chi connectivity index (χ4n) is 1.88. The Hall–Kier alpha value is -2.98. The van der Waals surface area contributed by atoms with Gasteiger partial charge in [-0.3, -0.25) is 15.0 Å². The molecule has 0 unspecified atom stereocenters. The molecule has 2 rings (SSSR count). The molecule has 0 aliphatic rings. The van der Waals surface area contributed by atoms with Gasteiger partial charge >= 0.3 is 6.09 Å². The van der Waals surface area contributed by atoms with Crippen molar-refractivity contribution in [3.05, 3.63) is 40.9 Å². The Labute approximate surface area is 147 Å². The van der Waals surface area contributed by atoms with Crippen molar-refractivity contribution in [1.82, 2.24) is 15.8 Å². The standard InChI is InChI=1S/C15H17N5O4S/c1-9(21)17-14-19-12(8-25-14)13(22)18-11-4-2-10(3-5-11)6-7-16-20-15(23)24/h2-5,8,16,20H,6-7H2,1H3,(H,18,22)(H,23,24)(H,17,19,21). The molecule has 3 amide bonds. The normalized spacial score (nSPS) is 10.1. The van der Waals surface area contributed by atoms with Crippen LogP contribution >= 0.6 is 11.3 Å². The summed E-state index contributed by atoms with van der Waals surface area (Å²) in [7, 11) is 0. The van der Waals surface area contributed by atoms with Crippen LogP contribution in [0.1, 0.15) is 23.0 Å². The molecule has 0 bridgehead atoms. The Morgan fingerprint density at radius 1 is 1.16 bits per heavy atom. The Morgan fingerprint density at radius 3 is 2.52 bits per heavy atom. The highest BCUT2D eigenvalue weighted by molar-refractivity contribution is 7.14. The average Bonchev–Trinajstić information content (AvgIpc) is 3.00. The second-order valence-corrected chi connectivity index (χ2v) is 5.84. The van der Waals surface area contributed by atoms with Gasteiger partial charge in [-0.2, -0.15) is 0 Å². The van der Waals surface area contributed by atoms with Crippen LogP contribution in [0.4, 0.5) is 15.6 Å². The smallest absolute Gasteiger partial charge is 0.419 e. The third kappa shape index (κ3) is 6.20. The number of benzene rings is 1. The molecule has 2 aromatic rings. The molecule has 0 fully saturated rings. The van der Waals surface area contributed by atoms with Gasteiger partial charge in [0.05, 0.1) is 0 Å². The summed E-state index contributed by atoms with van der Waals surface area (Å²) < 4.78 is 0. The maximum Gasteiger partial charge on any atom is 0.419 e. The van der Waals surface area contributed by atoms with E-state index in [1.807, 2.05) is 12.1 Å². The van der Waals surface area contributed by atoms with Crippen molar-refractivity contribution in [2.45, 2.75) is 13.3 Å². The molecule has 1 heterocycles. The molecule has 5 N–H and O–H groups in total. The van der Waals surface area contributed by atoms with Crippen molar-refractivity contribution < 1.29 is 19.5 Å². The van der Waals surface area contributed by atoms with E-state index in [4.69, 9.17) is 5.11 Å². The molecule has 1 aromatic heterocycles. The number of nitrogens with one attached hydrogen (secondary N) is 4. The Balaban J connectivity index is 1.85. The van der Waals surface area contributed by atoms with E-state index in [0.29, 0.717) is 23.8 Å². The van der Waals surface area contributed by atoms with Crippen LogP contribution in [0, 0.1) is 0 Å². The quantitative estimate of drug-likeness (QED) is 0.375. The summed E-state index contributed by atoms with van der Waals surface area (Å²) in [5.41, 5.74) is 6.44. The molecule has 10 heteroatoms. The molecule has 0 saturated heterocycles. The maximum atomic E-state index is 12.1. The van der Waals surface area contributed by atoms with E-state index in [9.17, 15) is 14.4 Å². The summed E-state index contributed by atoms with van der Waals surface area (Å²) in [4.78, 5) is 37.4. The molecule has 0 radical (unpaired) electrons. The number of hydrogen-bond acceptors (Lipinski definition) is 6. The first-order valence-corrected chi connectivity index (χ1v) is 8.17. The molecule has 9 nitrogen and oxygen atoms in total. The topological polar surface area (TPSA) is 132 Å². The van der Waals surface area contributed by atoms with E-state index in [1.54, 1.807) is 17.5 Å². The molecule has 0 aliphatic heterocycles. The molecular weight excluding hydrogens is 346 g/mol. The first-order chi connectivity index (χ1) is 11.9. The van der Waals surface area contributed by atoms with Gasteiger partial charge in [-0.1, -0.05) is 12.1 Å². The van der Waals surface area contributed by atoms with E-state index in [-0.39, 0.29) is 17.5 Å². The average molecular weight is 363 g/mol. The van der Waals surface area contributed by atoms with Crippen molar-refractivity contribution in [1.29, 1.82) is 0 Å². The van der Waals surface area contributed by atoms with Gasteiger partial charge in [0, 0.05) is 24.5 Å². The number of hydrazine groups is 1. The number of nitrogens with zero attached hydrogens (tertiary/aromatic N) is 1. The molecule has 132 valence electrons. The zero-order valence-electron chi connectivity index (χ0n) is 13.3. The number of hydrogen-bond donors (Lipinski definition) is 5. The lowest BCUT2D eigenvalue weighted by Gasteiger charge is -2.06. The van der Waals surface area contributed by atoms with Crippen LogP contribution in [0.15, 0.2) is 29.6 Å². The van der Waals surface area contributed by atoms with Crippen molar-refractivity contribution in [2.75, 3.05) is 17.2 Å². The SMILES string of the molecule is CC(=O)Nc1nc(C(=O)Nc2ccc(CCNNC(=O)O)cc2)cs1. The number of aromatic nitrogens is 1. The van der Waals surface area contributed by atoms with Gasteiger partial charge in [-0.15, -0.1) is 11.3 Å². The summed E-state index contributed by atoms with van der Waals surface area (Å²) in [6, 6.07) is 7.17. The van der Waals surface area contributed by atoms with Crippen LogP contribution in [0.2, 0.25) is 0 Å². The zero-order valence-corrected chi connectivity index (χ0v) is 14.1. The van der Waals surface area contributed by atoms with Crippen LogP contribution in [0.5, 0.6) is 0 Å². The second kappa shape index (κ2) is 8.76. The summed E-state index contributed by atoms with van der Waals surface area (Å²) in [6.07, 6.45) is -0.512. The minimum atomic E-state index is -1.14. The molecule has 0 spiro atoms. The lowest BCUT2D eigenvalue weighted by atomic mass is 10.1. The van der Waals surface area contributed by atoms with Crippen LogP contribution in [-0.4, -0.2) is 34.5 Å². The first-order valence-electron chi connectivity index (χ1n) is 7.29. The summed E-state index contributed by atoms with van der Waals surface area (Å²) in [5, 5.41) is 15.6. The summed E-state index contributed by atoms with van der Waals surface area (Å²) >= 11 is 1.17. The van der Waals surface area contributed by atoms with E-state index >= 15 is 0 Å². The fraction of sp³-hybridized carbons (Fsp3) is 0.200. The van der Waals surface area contributed by atoms with Gasteiger partial charge in [-0.25, -0.2) is 15.2 Å². The molecule has 0 saturated carbocycles. The van der Waals surface area contributed by atoms with Crippen LogP contribution in [0.25, 0.3) is 0 Å². The number of carboxylic acid groups (broad SMARTS) is 1. The van der Waals surface area contributed by atoms with E-state index in [1.165, 1.54) is 18.3 Å². The first kappa shape index (κ1) is 18.4. The molecule has 0 atom stereocenters. The van der Waals surface area contributed by atoms with Gasteiger partial charge in [-0.05, 0) is 24.1 Å². The van der Waals surface area contributed by atoms with Crippen molar-refractivity contribution in [3.63, 3.8) is 0 Å². The lowest BCUT2D eigenvalue weighted by Crippen LogP contribution is -2.37. The minimum Gasteiger partial charge on any atom is -0.464 e. The molecular formula is C15H17N5O4S. The van der Waals surface area contributed by atoms with Crippen molar-refractivity contribution in [2.24, 2.45) is 0 Å². The van der Waals surface area contributed by atoms with Gasteiger partial charge < -0.3 is 15.7 Å². The van der Waals surface area contributed by atoms with Crippen LogP contribution in [-0.2, 0) is 11.2 Å². The van der Waals surface area contributed by atoms with Crippen molar-refractivity contribution >= 4 is 40.1 Å². The van der Waals surface area contributed by atoms with E-state index in [2.05, 4.69) is 26.5 Å².